The van der Waals surface area contributed by atoms with Gasteiger partial charge in [-0.1, -0.05) is 145 Å². The van der Waals surface area contributed by atoms with Crippen molar-refractivity contribution >= 4 is 19.8 Å². The number of ether oxygens (including phenoxy) is 2. The van der Waals surface area contributed by atoms with E-state index in [-0.39, 0.29) is 32.2 Å². The number of hydrogen-bond acceptors (Lipinski definition) is 9. The topological polar surface area (TPSA) is 131 Å². The molecule has 0 saturated carbocycles. The molecule has 0 aliphatic heterocycles. The number of nitrogens with zero attached hydrogens (tertiary/aromatic N) is 1. The number of hydrogen-bond donors (Lipinski definition) is 1. The molecular weight excluding hydrogens is 790 g/mol. The van der Waals surface area contributed by atoms with Crippen LogP contribution in [-0.2, 0) is 32.7 Å². The molecule has 0 saturated heterocycles. The summed E-state index contributed by atoms with van der Waals surface area (Å²) in [5.41, 5.74) is 0. The van der Waals surface area contributed by atoms with Gasteiger partial charge in [-0.25, -0.2) is 0 Å². The number of quaternary nitrogens is 1. The first-order valence-electron chi connectivity index (χ1n) is 23.7. The van der Waals surface area contributed by atoms with Crippen molar-refractivity contribution in [3.05, 3.63) is 72.9 Å². The molecule has 0 aliphatic carbocycles. The number of rotatable bonds is 42. The van der Waals surface area contributed by atoms with Crippen LogP contribution in [-0.4, -0.2) is 81.2 Å². The lowest BCUT2D eigenvalue weighted by Crippen LogP contribution is -2.37. The molecule has 0 aromatic rings. The minimum Gasteiger partial charge on any atom is -0.756 e. The smallest absolute Gasteiger partial charge is 0.306 e. The number of aliphatic hydroxyl groups is 1. The molecule has 0 spiro atoms. The van der Waals surface area contributed by atoms with Crippen molar-refractivity contribution in [2.75, 3.05) is 47.5 Å². The molecule has 1 N–H and O–H groups in total. The van der Waals surface area contributed by atoms with Crippen LogP contribution in [0.4, 0.5) is 0 Å². The van der Waals surface area contributed by atoms with Crippen LogP contribution in [0.5, 0.6) is 0 Å². The molecule has 0 rings (SSSR count). The molecule has 0 heterocycles. The molecule has 0 amide bonds. The van der Waals surface area contributed by atoms with Gasteiger partial charge in [0.25, 0.3) is 7.82 Å². The van der Waals surface area contributed by atoms with Gasteiger partial charge < -0.3 is 33.0 Å². The second-order valence-electron chi connectivity index (χ2n) is 16.9. The van der Waals surface area contributed by atoms with E-state index < -0.39 is 32.5 Å². The Morgan fingerprint density at radius 2 is 1.05 bits per heavy atom. The summed E-state index contributed by atoms with van der Waals surface area (Å²) in [6, 6.07) is 0. The third-order valence-electron chi connectivity index (χ3n) is 9.86. The molecule has 10 nitrogen and oxygen atoms in total. The van der Waals surface area contributed by atoms with Crippen LogP contribution >= 0.6 is 7.82 Å². The van der Waals surface area contributed by atoms with Gasteiger partial charge in [-0.2, -0.15) is 0 Å². The van der Waals surface area contributed by atoms with Crippen LogP contribution in [0.25, 0.3) is 0 Å². The highest BCUT2D eigenvalue weighted by atomic mass is 31.2. The Morgan fingerprint density at radius 3 is 1.57 bits per heavy atom. The SMILES string of the molecule is CCCCC/C=C\C/C=C\CCCCCCCCCCCC(=O)O[C@H](COC(=O)CCC/C=C\C/C=C\C/C=C\C/C=C\CC[C@@H](O)CC)COP(=O)([O-])OCC[N+](C)(C)C. The van der Waals surface area contributed by atoms with Gasteiger partial charge in [0, 0.05) is 12.8 Å². The lowest BCUT2D eigenvalue weighted by molar-refractivity contribution is -0.870. The Morgan fingerprint density at radius 1 is 0.590 bits per heavy atom. The van der Waals surface area contributed by atoms with Crippen LogP contribution < -0.4 is 4.89 Å². The summed E-state index contributed by atoms with van der Waals surface area (Å²) in [6.07, 6.45) is 48.7. The zero-order valence-corrected chi connectivity index (χ0v) is 40.1. The van der Waals surface area contributed by atoms with Crippen LogP contribution in [0.1, 0.15) is 174 Å². The normalized spacial score (nSPS) is 14.7. The first-order valence-corrected chi connectivity index (χ1v) is 25.2. The highest BCUT2D eigenvalue weighted by Crippen LogP contribution is 2.38. The summed E-state index contributed by atoms with van der Waals surface area (Å²) in [5, 5.41) is 9.57. The Kier molecular flexibility index (Phi) is 39.7. The number of carbonyl (C=O) groups excluding carboxylic acids is 2. The van der Waals surface area contributed by atoms with Gasteiger partial charge in [0.2, 0.25) is 0 Å². The number of aliphatic hydroxyl groups excluding tert-OH is 1. The number of unbranched alkanes of at least 4 members (excludes halogenated alkanes) is 13. The number of carbonyl (C=O) groups is 2. The Balaban J connectivity index is 4.42. The Labute approximate surface area is 372 Å². The van der Waals surface area contributed by atoms with Crippen molar-refractivity contribution in [1.29, 1.82) is 0 Å². The predicted molar refractivity (Wildman–Crippen MR) is 251 cm³/mol. The maximum atomic E-state index is 12.7. The van der Waals surface area contributed by atoms with E-state index in [9.17, 15) is 24.2 Å². The van der Waals surface area contributed by atoms with Gasteiger partial charge in [0.1, 0.15) is 19.8 Å². The summed E-state index contributed by atoms with van der Waals surface area (Å²) in [6.45, 7) is 3.84. The van der Waals surface area contributed by atoms with Crippen LogP contribution in [0.2, 0.25) is 0 Å². The van der Waals surface area contributed by atoms with E-state index in [0.29, 0.717) is 30.3 Å². The fourth-order valence-electron chi connectivity index (χ4n) is 5.95. The minimum absolute atomic E-state index is 0.0493. The first kappa shape index (κ1) is 58.4. The molecule has 61 heavy (non-hydrogen) atoms. The van der Waals surface area contributed by atoms with Gasteiger partial charge >= 0.3 is 11.9 Å². The fourth-order valence-corrected chi connectivity index (χ4v) is 6.68. The van der Waals surface area contributed by atoms with E-state index in [1.54, 1.807) is 0 Å². The second-order valence-corrected chi connectivity index (χ2v) is 18.3. The van der Waals surface area contributed by atoms with Gasteiger partial charge in [-0.15, -0.1) is 0 Å². The number of phosphoric acid groups is 1. The fraction of sp³-hybridized carbons (Fsp3) is 0.720. The summed E-state index contributed by atoms with van der Waals surface area (Å²) in [4.78, 5) is 37.6. The second kappa shape index (κ2) is 41.4. The van der Waals surface area contributed by atoms with E-state index in [0.717, 1.165) is 70.6 Å². The van der Waals surface area contributed by atoms with Gasteiger partial charge in [-0.3, -0.25) is 14.2 Å². The quantitative estimate of drug-likeness (QED) is 0.0209. The highest BCUT2D eigenvalue weighted by molar-refractivity contribution is 7.45. The molecule has 1 unspecified atom stereocenters. The van der Waals surface area contributed by atoms with Crippen molar-refractivity contribution in [3.63, 3.8) is 0 Å². The maximum absolute atomic E-state index is 12.7. The van der Waals surface area contributed by atoms with Crippen molar-refractivity contribution in [3.8, 4) is 0 Å². The summed E-state index contributed by atoms with van der Waals surface area (Å²) < 4.78 is 33.9. The summed E-state index contributed by atoms with van der Waals surface area (Å²) in [5.74, 6) is -0.927. The number of allylic oxidation sites excluding steroid dienone is 12. The predicted octanol–water partition coefficient (Wildman–Crippen LogP) is 12.1. The average molecular weight is 878 g/mol. The van der Waals surface area contributed by atoms with Crippen molar-refractivity contribution in [2.45, 2.75) is 187 Å². The monoisotopic (exact) mass is 878 g/mol. The Bertz CT molecular complexity index is 1280. The van der Waals surface area contributed by atoms with Crippen LogP contribution in [0.3, 0.4) is 0 Å². The molecule has 0 radical (unpaired) electrons. The standard InChI is InChI=1S/C50H88NO9P/c1-6-8-9-10-11-12-13-14-15-16-17-18-19-24-27-30-33-36-39-42-50(54)60-48(46-59-61(55,56)58-44-43-51(3,4)5)45-57-49(53)41-38-35-32-29-26-23-21-20-22-25-28-31-34-37-40-47(52)7-2/h11-12,14-15,21-23,25,29,31-32,34,47-48,52H,6-10,13,16-20,24,26-28,30,33,35-46H2,1-5H3/b12-11-,15-14-,23-21-,25-22-,32-29-,34-31-/t47-,48+/m0/s1. The molecule has 0 aromatic heterocycles. The zero-order chi connectivity index (χ0) is 45.1. The molecule has 0 aliphatic rings. The Hall–Kier alpha value is -2.59. The summed E-state index contributed by atoms with van der Waals surface area (Å²) >= 11 is 0. The van der Waals surface area contributed by atoms with E-state index in [1.807, 2.05) is 34.1 Å². The van der Waals surface area contributed by atoms with Gasteiger partial charge in [0.15, 0.2) is 6.10 Å². The van der Waals surface area contributed by atoms with Gasteiger partial charge in [-0.05, 0) is 89.9 Å². The third-order valence-corrected chi connectivity index (χ3v) is 10.8. The average Bonchev–Trinajstić information content (AvgIpc) is 3.21. The lowest BCUT2D eigenvalue weighted by Gasteiger charge is -2.28. The van der Waals surface area contributed by atoms with Crippen molar-refractivity contribution in [2.24, 2.45) is 0 Å². The van der Waals surface area contributed by atoms with Crippen LogP contribution in [0.15, 0.2) is 72.9 Å². The minimum atomic E-state index is -4.65. The molecule has 11 heteroatoms. The zero-order valence-electron chi connectivity index (χ0n) is 39.2. The molecule has 3 atom stereocenters. The number of likely N-dealkylation sites (N-methyl/N-ethyl adjacent to an activating group) is 1. The first-order chi connectivity index (χ1) is 29.4. The van der Waals surface area contributed by atoms with Gasteiger partial charge in [0.05, 0.1) is 33.9 Å². The lowest BCUT2D eigenvalue weighted by atomic mass is 10.1. The van der Waals surface area contributed by atoms with E-state index in [1.165, 1.54) is 57.8 Å². The van der Waals surface area contributed by atoms with E-state index >= 15 is 0 Å². The van der Waals surface area contributed by atoms with Crippen molar-refractivity contribution < 1.29 is 47.2 Å². The number of esters is 2. The summed E-state index contributed by atoms with van der Waals surface area (Å²) in [7, 11) is 1.10. The molecule has 0 fully saturated rings. The van der Waals surface area contributed by atoms with Crippen LogP contribution in [0, 0.1) is 0 Å². The molecule has 0 bridgehead atoms. The number of phosphoric ester groups is 1. The van der Waals surface area contributed by atoms with E-state index in [4.69, 9.17) is 18.5 Å². The molecule has 352 valence electrons. The van der Waals surface area contributed by atoms with E-state index in [2.05, 4.69) is 73.8 Å². The molecular formula is C50H88NO9P. The third kappa shape index (κ3) is 45.3. The maximum Gasteiger partial charge on any atom is 0.306 e. The largest absolute Gasteiger partial charge is 0.756 e. The highest BCUT2D eigenvalue weighted by Gasteiger charge is 2.21. The molecule has 0 aromatic carbocycles. The van der Waals surface area contributed by atoms with Crippen molar-refractivity contribution in [1.82, 2.24) is 0 Å².